The van der Waals surface area contributed by atoms with Crippen molar-refractivity contribution in [1.29, 1.82) is 0 Å². The van der Waals surface area contributed by atoms with Gasteiger partial charge in [-0.2, -0.15) is 0 Å². The summed E-state index contributed by atoms with van der Waals surface area (Å²) in [4.78, 5) is 36.1. The molecule has 9 nitrogen and oxygen atoms in total. The molecule has 2 amide bonds. The number of aromatic nitrogens is 2. The summed E-state index contributed by atoms with van der Waals surface area (Å²) in [5.41, 5.74) is 1.14. The maximum absolute atomic E-state index is 13.6. The first-order valence-electron chi connectivity index (χ1n) is 13.7. The third-order valence-electron chi connectivity index (χ3n) is 7.62. The number of likely N-dealkylation sites (tertiary alicyclic amines) is 1. The topological polar surface area (TPSA) is 106 Å². The van der Waals surface area contributed by atoms with E-state index >= 15 is 0 Å². The van der Waals surface area contributed by atoms with E-state index in [1.165, 1.54) is 44.8 Å². The van der Waals surface area contributed by atoms with Crippen LogP contribution in [0.4, 0.5) is 15.9 Å². The number of carbonyl (C=O) groups excluding carboxylic acids is 2. The first-order chi connectivity index (χ1) is 19.4. The zero-order valence-electron chi connectivity index (χ0n) is 22.4. The molecule has 2 aromatic carbocycles. The lowest BCUT2D eigenvalue weighted by molar-refractivity contribution is -0.137. The van der Waals surface area contributed by atoms with Gasteiger partial charge < -0.3 is 25.0 Å². The molecule has 2 fully saturated rings. The normalized spacial score (nSPS) is 16.5. The van der Waals surface area contributed by atoms with Gasteiger partial charge in [0, 0.05) is 42.2 Å². The second kappa shape index (κ2) is 12.7. The summed E-state index contributed by atoms with van der Waals surface area (Å²) in [5, 5.41) is 6.95. The van der Waals surface area contributed by atoms with Crippen LogP contribution in [0, 0.1) is 11.7 Å². The molecule has 11 heteroatoms. The lowest BCUT2D eigenvalue weighted by atomic mass is 9.92. The van der Waals surface area contributed by atoms with Crippen molar-refractivity contribution in [2.24, 2.45) is 5.92 Å². The summed E-state index contributed by atoms with van der Waals surface area (Å²) in [6.45, 7) is 0.856. The summed E-state index contributed by atoms with van der Waals surface area (Å²) in [6.07, 6.45) is 8.40. The zero-order chi connectivity index (χ0) is 28.1. The Kier molecular flexibility index (Phi) is 8.84. The number of nitrogens with one attached hydrogen (secondary N) is 2. The zero-order valence-corrected chi connectivity index (χ0v) is 23.2. The molecule has 1 aliphatic carbocycles. The maximum Gasteiger partial charge on any atom is 0.260 e. The number of carbonyl (C=O) groups is 2. The van der Waals surface area contributed by atoms with Crippen molar-refractivity contribution in [3.05, 3.63) is 47.5 Å². The number of nitrogens with zero attached hydrogens (tertiary/aromatic N) is 3. The number of ether oxygens (including phenoxy) is 2. The second-order valence-electron chi connectivity index (χ2n) is 10.3. The summed E-state index contributed by atoms with van der Waals surface area (Å²) >= 11 is 5.92. The Labute approximate surface area is 237 Å². The predicted octanol–water partition coefficient (Wildman–Crippen LogP) is 5.24. The summed E-state index contributed by atoms with van der Waals surface area (Å²) < 4.78 is 25.0. The van der Waals surface area contributed by atoms with Gasteiger partial charge in [-0.25, -0.2) is 14.4 Å². The molecule has 0 bridgehead atoms. The third-order valence-corrected chi connectivity index (χ3v) is 7.91. The Morgan fingerprint density at radius 3 is 2.55 bits per heavy atom. The maximum atomic E-state index is 13.6. The van der Waals surface area contributed by atoms with E-state index in [4.69, 9.17) is 21.1 Å². The van der Waals surface area contributed by atoms with E-state index in [-0.39, 0.29) is 29.4 Å². The SMILES string of the molecule is COc1cc2ncnc(Nc3ccc(F)c(Cl)c3)c2cc1OCC(=O)N1CCC(C(=O)NC2CCCCC2)CC1. The number of fused-ring (bicyclic) bond motifs is 1. The number of rotatable bonds is 8. The number of piperidine rings is 1. The number of anilines is 2. The van der Waals surface area contributed by atoms with Crippen molar-refractivity contribution in [2.45, 2.75) is 51.0 Å². The van der Waals surface area contributed by atoms with Gasteiger partial charge in [-0.3, -0.25) is 9.59 Å². The Morgan fingerprint density at radius 2 is 1.82 bits per heavy atom. The van der Waals surface area contributed by atoms with Crippen LogP contribution in [0.2, 0.25) is 5.02 Å². The minimum absolute atomic E-state index is 0.0125. The molecular formula is C29H33ClFN5O4. The molecule has 0 radical (unpaired) electrons. The minimum Gasteiger partial charge on any atom is -0.493 e. The fraction of sp³-hybridized carbons (Fsp3) is 0.448. The largest absolute Gasteiger partial charge is 0.493 e. The van der Waals surface area contributed by atoms with Gasteiger partial charge in [-0.15, -0.1) is 0 Å². The second-order valence-corrected chi connectivity index (χ2v) is 10.7. The molecule has 0 atom stereocenters. The van der Waals surface area contributed by atoms with E-state index < -0.39 is 5.82 Å². The molecule has 2 aliphatic rings. The van der Waals surface area contributed by atoms with Crippen LogP contribution >= 0.6 is 11.6 Å². The molecule has 5 rings (SSSR count). The first kappa shape index (κ1) is 27.9. The summed E-state index contributed by atoms with van der Waals surface area (Å²) in [6, 6.07) is 7.99. The number of benzene rings is 2. The number of amides is 2. The molecule has 2 heterocycles. The molecule has 1 aliphatic heterocycles. The van der Waals surface area contributed by atoms with Crippen LogP contribution in [0.25, 0.3) is 10.9 Å². The molecule has 0 spiro atoms. The van der Waals surface area contributed by atoms with E-state index in [0.29, 0.717) is 65.9 Å². The highest BCUT2D eigenvalue weighted by atomic mass is 35.5. The van der Waals surface area contributed by atoms with E-state index in [9.17, 15) is 14.0 Å². The van der Waals surface area contributed by atoms with Gasteiger partial charge in [0.1, 0.15) is 18.0 Å². The fourth-order valence-corrected chi connectivity index (χ4v) is 5.51. The summed E-state index contributed by atoms with van der Waals surface area (Å²) in [5.74, 6) is 0.627. The molecular weight excluding hydrogens is 537 g/mol. The van der Waals surface area contributed by atoms with E-state index in [2.05, 4.69) is 20.6 Å². The van der Waals surface area contributed by atoms with Gasteiger partial charge in [0.2, 0.25) is 5.91 Å². The fourth-order valence-electron chi connectivity index (χ4n) is 5.33. The van der Waals surface area contributed by atoms with Crippen LogP contribution in [-0.2, 0) is 9.59 Å². The van der Waals surface area contributed by atoms with Crippen LogP contribution < -0.4 is 20.1 Å². The Morgan fingerprint density at radius 1 is 1.05 bits per heavy atom. The molecule has 212 valence electrons. The quantitative estimate of drug-likeness (QED) is 0.382. The van der Waals surface area contributed by atoms with Crippen molar-refractivity contribution in [3.8, 4) is 11.5 Å². The smallest absolute Gasteiger partial charge is 0.260 e. The van der Waals surface area contributed by atoms with Crippen molar-refractivity contribution in [2.75, 3.05) is 32.1 Å². The minimum atomic E-state index is -0.517. The Bertz CT molecular complexity index is 1380. The van der Waals surface area contributed by atoms with Crippen molar-refractivity contribution in [3.63, 3.8) is 0 Å². The molecule has 1 aromatic heterocycles. The average molecular weight is 570 g/mol. The lowest BCUT2D eigenvalue weighted by Gasteiger charge is -2.32. The molecule has 0 unspecified atom stereocenters. The molecule has 3 aromatic rings. The number of hydrogen-bond acceptors (Lipinski definition) is 7. The van der Waals surface area contributed by atoms with Crippen LogP contribution in [0.3, 0.4) is 0 Å². The van der Waals surface area contributed by atoms with Gasteiger partial charge in [-0.05, 0) is 49.9 Å². The highest BCUT2D eigenvalue weighted by Gasteiger charge is 2.29. The lowest BCUT2D eigenvalue weighted by Crippen LogP contribution is -2.46. The van der Waals surface area contributed by atoms with Gasteiger partial charge in [0.25, 0.3) is 5.91 Å². The molecule has 2 N–H and O–H groups in total. The standard InChI is InChI=1S/C29H33ClFN5O4/c1-39-25-15-24-21(28(33-17-32-24)34-20-7-8-23(31)22(30)13-20)14-26(25)40-16-27(37)36-11-9-18(10-12-36)29(38)35-19-5-3-2-4-6-19/h7-8,13-15,17-19H,2-6,9-12,16H2,1H3,(H,35,38)(H,32,33,34). The Balaban J connectivity index is 1.21. The van der Waals surface area contributed by atoms with Crippen LogP contribution in [0.15, 0.2) is 36.7 Å². The van der Waals surface area contributed by atoms with Gasteiger partial charge in [0.05, 0.1) is 17.6 Å². The summed E-state index contributed by atoms with van der Waals surface area (Å²) in [7, 11) is 1.51. The third kappa shape index (κ3) is 6.55. The predicted molar refractivity (Wildman–Crippen MR) is 151 cm³/mol. The average Bonchev–Trinajstić information content (AvgIpc) is 2.98. The van der Waals surface area contributed by atoms with Gasteiger partial charge >= 0.3 is 0 Å². The van der Waals surface area contributed by atoms with Crippen molar-refractivity contribution in [1.82, 2.24) is 20.2 Å². The van der Waals surface area contributed by atoms with Crippen LogP contribution in [-0.4, -0.2) is 59.5 Å². The monoisotopic (exact) mass is 569 g/mol. The molecule has 1 saturated heterocycles. The first-order valence-corrected chi connectivity index (χ1v) is 14.0. The van der Waals surface area contributed by atoms with E-state index in [1.807, 2.05) is 0 Å². The number of hydrogen-bond donors (Lipinski definition) is 2. The van der Waals surface area contributed by atoms with E-state index in [1.54, 1.807) is 23.1 Å². The van der Waals surface area contributed by atoms with Gasteiger partial charge in [-0.1, -0.05) is 30.9 Å². The Hall–Kier alpha value is -3.66. The van der Waals surface area contributed by atoms with Crippen molar-refractivity contribution < 1.29 is 23.5 Å². The molecule has 1 saturated carbocycles. The van der Waals surface area contributed by atoms with E-state index in [0.717, 1.165) is 12.8 Å². The number of halogens is 2. The molecule has 40 heavy (non-hydrogen) atoms. The van der Waals surface area contributed by atoms with Gasteiger partial charge in [0.15, 0.2) is 18.1 Å². The number of methoxy groups -OCH3 is 1. The van der Waals surface area contributed by atoms with Crippen LogP contribution in [0.1, 0.15) is 44.9 Å². The van der Waals surface area contributed by atoms with Crippen molar-refractivity contribution >= 4 is 45.8 Å². The van der Waals surface area contributed by atoms with Crippen LogP contribution in [0.5, 0.6) is 11.5 Å². The highest BCUT2D eigenvalue weighted by molar-refractivity contribution is 6.31. The highest BCUT2D eigenvalue weighted by Crippen LogP contribution is 2.35.